The molecule has 0 spiro atoms. The number of aromatic amines is 1. The Morgan fingerprint density at radius 2 is 1.92 bits per heavy atom. The van der Waals surface area contributed by atoms with Crippen LogP contribution in [0.4, 0.5) is 10.3 Å². The summed E-state index contributed by atoms with van der Waals surface area (Å²) in [7, 11) is 0. The number of amides is 1. The monoisotopic (exact) mass is 512 g/mol. The Morgan fingerprint density at radius 3 is 2.62 bits per heavy atom. The molecule has 37 heavy (non-hydrogen) atoms. The Morgan fingerprint density at radius 1 is 1.19 bits per heavy atom. The predicted molar refractivity (Wildman–Crippen MR) is 131 cm³/mol. The highest BCUT2D eigenvalue weighted by molar-refractivity contribution is 5.83. The molecule has 12 heteroatoms. The van der Waals surface area contributed by atoms with Crippen LogP contribution in [0, 0.1) is 11.2 Å². The number of nitrogens with one attached hydrogen (secondary N) is 2. The zero-order valence-electron chi connectivity index (χ0n) is 20.4. The summed E-state index contributed by atoms with van der Waals surface area (Å²) in [6.07, 6.45) is 0.764. The number of carbonyl (C=O) groups is 1. The SMILES string of the molecule is CC1(C(=O)N2CCOCC2)COC(c2nc(-c3ccc(F)cc3)c(-c3ccnc(NCCO)n3)[nH]2)OC1. The van der Waals surface area contributed by atoms with Crippen molar-refractivity contribution < 1.29 is 28.5 Å². The average Bonchev–Trinajstić information content (AvgIpc) is 3.38. The largest absolute Gasteiger partial charge is 0.395 e. The van der Waals surface area contributed by atoms with Crippen molar-refractivity contribution in [3.05, 3.63) is 48.2 Å². The number of morpholine rings is 1. The van der Waals surface area contributed by atoms with E-state index in [-0.39, 0.29) is 31.5 Å². The second kappa shape index (κ2) is 10.9. The molecule has 2 fully saturated rings. The minimum Gasteiger partial charge on any atom is -0.395 e. The summed E-state index contributed by atoms with van der Waals surface area (Å²) in [4.78, 5) is 31.6. The van der Waals surface area contributed by atoms with Crippen LogP contribution in [0.5, 0.6) is 0 Å². The molecule has 4 heterocycles. The van der Waals surface area contributed by atoms with Crippen molar-refractivity contribution >= 4 is 11.9 Å². The van der Waals surface area contributed by atoms with Gasteiger partial charge in [0.2, 0.25) is 18.1 Å². The summed E-state index contributed by atoms with van der Waals surface area (Å²) in [5.41, 5.74) is 1.50. The smallest absolute Gasteiger partial charge is 0.233 e. The van der Waals surface area contributed by atoms with Gasteiger partial charge < -0.3 is 34.5 Å². The minimum absolute atomic E-state index is 0.0229. The van der Waals surface area contributed by atoms with E-state index in [1.165, 1.54) is 12.1 Å². The number of rotatable bonds is 7. The van der Waals surface area contributed by atoms with Gasteiger partial charge in [0.25, 0.3) is 0 Å². The molecule has 11 nitrogen and oxygen atoms in total. The normalized spacial score (nSPS) is 22.1. The van der Waals surface area contributed by atoms with Gasteiger partial charge in [-0.05, 0) is 37.3 Å². The van der Waals surface area contributed by atoms with Gasteiger partial charge in [-0.25, -0.2) is 19.3 Å². The number of anilines is 1. The van der Waals surface area contributed by atoms with E-state index in [4.69, 9.17) is 24.3 Å². The van der Waals surface area contributed by atoms with E-state index in [0.29, 0.717) is 67.3 Å². The lowest BCUT2D eigenvalue weighted by Gasteiger charge is -2.39. The lowest BCUT2D eigenvalue weighted by Crippen LogP contribution is -2.53. The Balaban J connectivity index is 1.40. The number of H-pyrrole nitrogens is 1. The fourth-order valence-corrected chi connectivity index (χ4v) is 4.29. The molecule has 0 saturated carbocycles. The molecule has 2 aliphatic rings. The van der Waals surface area contributed by atoms with Gasteiger partial charge in [0.1, 0.15) is 5.82 Å². The average molecular weight is 513 g/mol. The standard InChI is InChI=1S/C25H29FN6O5/c1-25(23(34)32-9-12-35-13-10-32)14-36-22(37-15-25)21-30-19(16-2-4-17(26)5-3-16)20(31-21)18-6-7-27-24(29-18)28-8-11-33/h2-7,22,33H,8-15H2,1H3,(H,30,31)(H,27,28,29). The maximum Gasteiger partial charge on any atom is 0.233 e. The van der Waals surface area contributed by atoms with Gasteiger partial charge in [-0.1, -0.05) is 0 Å². The number of halogens is 1. The van der Waals surface area contributed by atoms with Crippen LogP contribution in [-0.2, 0) is 19.0 Å². The van der Waals surface area contributed by atoms with Crippen LogP contribution in [-0.4, -0.2) is 88.5 Å². The first-order valence-electron chi connectivity index (χ1n) is 12.1. The zero-order valence-corrected chi connectivity index (χ0v) is 20.4. The van der Waals surface area contributed by atoms with Crippen LogP contribution < -0.4 is 5.32 Å². The molecule has 2 aliphatic heterocycles. The van der Waals surface area contributed by atoms with Crippen LogP contribution in [0.2, 0.25) is 0 Å². The first-order chi connectivity index (χ1) is 18.0. The summed E-state index contributed by atoms with van der Waals surface area (Å²) in [6, 6.07) is 7.70. The van der Waals surface area contributed by atoms with Crippen molar-refractivity contribution in [3.63, 3.8) is 0 Å². The summed E-state index contributed by atoms with van der Waals surface area (Å²) in [5.74, 6) is 0.362. The van der Waals surface area contributed by atoms with E-state index in [9.17, 15) is 9.18 Å². The van der Waals surface area contributed by atoms with Gasteiger partial charge in [-0.3, -0.25) is 4.79 Å². The van der Waals surface area contributed by atoms with Crippen LogP contribution in [0.1, 0.15) is 19.0 Å². The summed E-state index contributed by atoms with van der Waals surface area (Å²) in [6.45, 7) is 4.54. The number of hydrogen-bond acceptors (Lipinski definition) is 9. The van der Waals surface area contributed by atoms with Gasteiger partial charge in [0.15, 0.2) is 5.82 Å². The molecule has 3 aromatic rings. The molecule has 0 bridgehead atoms. The lowest BCUT2D eigenvalue weighted by atomic mass is 9.90. The number of benzene rings is 1. The van der Waals surface area contributed by atoms with E-state index in [1.807, 2.05) is 6.92 Å². The van der Waals surface area contributed by atoms with Gasteiger partial charge in [-0.15, -0.1) is 0 Å². The number of aliphatic hydroxyl groups is 1. The molecule has 1 aromatic carbocycles. The number of nitrogens with zero attached hydrogens (tertiary/aromatic N) is 4. The van der Waals surface area contributed by atoms with E-state index < -0.39 is 11.7 Å². The molecule has 196 valence electrons. The number of imidazole rings is 1. The van der Waals surface area contributed by atoms with Crippen LogP contribution in [0.25, 0.3) is 22.6 Å². The van der Waals surface area contributed by atoms with Crippen LogP contribution in [0.3, 0.4) is 0 Å². The third kappa shape index (κ3) is 5.47. The molecule has 1 amide bonds. The van der Waals surface area contributed by atoms with Gasteiger partial charge in [-0.2, -0.15) is 0 Å². The van der Waals surface area contributed by atoms with Gasteiger partial charge in [0, 0.05) is 31.4 Å². The van der Waals surface area contributed by atoms with Crippen LogP contribution in [0.15, 0.2) is 36.5 Å². The van der Waals surface area contributed by atoms with Crippen molar-refractivity contribution in [2.45, 2.75) is 13.2 Å². The van der Waals surface area contributed by atoms with E-state index in [0.717, 1.165) is 0 Å². The fraction of sp³-hybridized carbons (Fsp3) is 0.440. The number of aliphatic hydroxyl groups excluding tert-OH is 1. The Hall–Kier alpha value is -3.45. The quantitative estimate of drug-likeness (QED) is 0.434. The van der Waals surface area contributed by atoms with Crippen molar-refractivity contribution in [1.82, 2.24) is 24.8 Å². The third-order valence-electron chi connectivity index (χ3n) is 6.29. The number of ether oxygens (including phenoxy) is 3. The topological polar surface area (TPSA) is 135 Å². The van der Waals surface area contributed by atoms with Gasteiger partial charge in [0.05, 0.1) is 55.5 Å². The molecule has 0 aliphatic carbocycles. The minimum atomic E-state index is -0.827. The van der Waals surface area contributed by atoms with Crippen molar-refractivity contribution in [1.29, 1.82) is 0 Å². The first-order valence-corrected chi connectivity index (χ1v) is 12.1. The fourth-order valence-electron chi connectivity index (χ4n) is 4.29. The molecule has 2 saturated heterocycles. The third-order valence-corrected chi connectivity index (χ3v) is 6.29. The van der Waals surface area contributed by atoms with Crippen molar-refractivity contribution in [2.75, 3.05) is 58.0 Å². The highest BCUT2D eigenvalue weighted by atomic mass is 19.1. The molecule has 0 unspecified atom stereocenters. The summed E-state index contributed by atoms with van der Waals surface area (Å²) < 4.78 is 31.0. The highest BCUT2D eigenvalue weighted by Crippen LogP contribution is 2.36. The van der Waals surface area contributed by atoms with E-state index in [2.05, 4.69) is 20.3 Å². The number of hydrogen-bond donors (Lipinski definition) is 3. The number of aromatic nitrogens is 4. The zero-order chi connectivity index (χ0) is 25.8. The van der Waals surface area contributed by atoms with Crippen LogP contribution >= 0.6 is 0 Å². The predicted octanol–water partition coefficient (Wildman–Crippen LogP) is 1.99. The molecule has 3 N–H and O–H groups in total. The summed E-state index contributed by atoms with van der Waals surface area (Å²) in [5, 5.41) is 12.0. The maximum absolute atomic E-state index is 13.6. The lowest BCUT2D eigenvalue weighted by molar-refractivity contribution is -0.235. The number of carbonyl (C=O) groups excluding carboxylic acids is 1. The van der Waals surface area contributed by atoms with Gasteiger partial charge >= 0.3 is 0 Å². The maximum atomic E-state index is 13.6. The molecule has 5 rings (SSSR count). The molecule has 0 radical (unpaired) electrons. The summed E-state index contributed by atoms with van der Waals surface area (Å²) >= 11 is 0. The Labute approximate surface area is 213 Å². The first kappa shape index (κ1) is 25.2. The Bertz CT molecular complexity index is 1220. The second-order valence-electron chi connectivity index (χ2n) is 9.19. The van der Waals surface area contributed by atoms with Crippen molar-refractivity contribution in [2.24, 2.45) is 5.41 Å². The molecular formula is C25H29FN6O5. The van der Waals surface area contributed by atoms with E-state index in [1.54, 1.807) is 29.3 Å². The Kier molecular flexibility index (Phi) is 7.42. The molecule has 0 atom stereocenters. The molecular weight excluding hydrogens is 483 g/mol. The highest BCUT2D eigenvalue weighted by Gasteiger charge is 2.43. The molecule has 2 aromatic heterocycles. The second-order valence-corrected chi connectivity index (χ2v) is 9.19. The van der Waals surface area contributed by atoms with Crippen molar-refractivity contribution in [3.8, 4) is 22.6 Å². The van der Waals surface area contributed by atoms with E-state index >= 15 is 0 Å².